The van der Waals surface area contributed by atoms with Crippen molar-refractivity contribution in [3.63, 3.8) is 0 Å². The number of anilines is 1. The summed E-state index contributed by atoms with van der Waals surface area (Å²) >= 11 is 4.83. The number of aromatic nitrogens is 1. The minimum atomic E-state index is -4.78. The third-order valence-electron chi connectivity index (χ3n) is 3.53. The van der Waals surface area contributed by atoms with Crippen LogP contribution in [0.3, 0.4) is 0 Å². The van der Waals surface area contributed by atoms with Crippen LogP contribution in [0.25, 0.3) is 10.9 Å². The van der Waals surface area contributed by atoms with E-state index in [2.05, 4.69) is 9.71 Å². The molecule has 0 radical (unpaired) electrons. The van der Waals surface area contributed by atoms with Gasteiger partial charge in [0.2, 0.25) is 0 Å². The van der Waals surface area contributed by atoms with Gasteiger partial charge in [-0.25, -0.2) is 8.42 Å². The first kappa shape index (κ1) is 17.4. The highest BCUT2D eigenvalue weighted by molar-refractivity contribution is 7.92. The summed E-state index contributed by atoms with van der Waals surface area (Å²) in [6.07, 6.45) is -4.78. The third kappa shape index (κ3) is 3.38. The molecular weight excluding hydrogens is 373 g/mol. The van der Waals surface area contributed by atoms with Gasteiger partial charge in [-0.2, -0.15) is 13.2 Å². The Morgan fingerprint density at radius 3 is 2.48 bits per heavy atom. The van der Waals surface area contributed by atoms with Crippen molar-refractivity contribution in [3.8, 4) is 0 Å². The third-order valence-corrected chi connectivity index (χ3v) is 5.21. The Morgan fingerprint density at radius 1 is 1.08 bits per heavy atom. The highest BCUT2D eigenvalue weighted by Crippen LogP contribution is 2.35. The number of benzene rings is 2. The number of hydrogen-bond acceptors (Lipinski definition) is 3. The van der Waals surface area contributed by atoms with E-state index in [1.54, 1.807) is 18.2 Å². The Balaban J connectivity index is 2.10. The quantitative estimate of drug-likeness (QED) is 0.658. The Hall–Kier alpha value is -2.39. The maximum absolute atomic E-state index is 13.1. The van der Waals surface area contributed by atoms with E-state index in [0.29, 0.717) is 16.6 Å². The average Bonchev–Trinajstić information content (AvgIpc) is 2.98. The zero-order valence-corrected chi connectivity index (χ0v) is 14.1. The van der Waals surface area contributed by atoms with Crippen molar-refractivity contribution in [2.24, 2.45) is 0 Å². The lowest BCUT2D eigenvalue weighted by atomic mass is 10.2. The Kier molecular flexibility index (Phi) is 4.29. The molecular formula is C16H11F3N2O2S2. The molecule has 0 amide bonds. The van der Waals surface area contributed by atoms with Crippen LogP contribution in [0.5, 0.6) is 0 Å². The molecule has 0 aliphatic heterocycles. The van der Waals surface area contributed by atoms with E-state index in [1.165, 1.54) is 17.5 Å². The van der Waals surface area contributed by atoms with E-state index in [0.717, 1.165) is 18.2 Å². The number of para-hydroxylation sites is 1. The maximum atomic E-state index is 13.1. The number of thiocarbonyl (C=S) groups is 1. The molecule has 4 nitrogen and oxygen atoms in total. The molecule has 0 fully saturated rings. The molecule has 3 rings (SSSR count). The molecule has 1 aromatic heterocycles. The second-order valence-electron chi connectivity index (χ2n) is 5.21. The van der Waals surface area contributed by atoms with Crippen LogP contribution in [0.1, 0.15) is 11.3 Å². The lowest BCUT2D eigenvalue weighted by Crippen LogP contribution is -2.19. The van der Waals surface area contributed by atoms with Crippen LogP contribution >= 0.6 is 12.2 Å². The number of rotatable bonds is 4. The van der Waals surface area contributed by atoms with Gasteiger partial charge in [-0.15, -0.1) is 0 Å². The largest absolute Gasteiger partial charge is 0.417 e. The van der Waals surface area contributed by atoms with Crippen molar-refractivity contribution in [1.82, 2.24) is 4.98 Å². The molecule has 2 N–H and O–H groups in total. The predicted octanol–water partition coefficient (Wildman–Crippen LogP) is 4.34. The number of H-pyrrole nitrogens is 1. The number of hydrogen-bond donors (Lipinski definition) is 2. The van der Waals surface area contributed by atoms with E-state index in [1.807, 2.05) is 0 Å². The fraction of sp³-hybridized carbons (Fsp3) is 0.0625. The first-order chi connectivity index (χ1) is 11.7. The highest BCUT2D eigenvalue weighted by Gasteiger charge is 2.37. The summed E-state index contributed by atoms with van der Waals surface area (Å²) in [5.74, 6) is 0. The normalized spacial score (nSPS) is 12.3. The second-order valence-corrected chi connectivity index (χ2v) is 7.10. The van der Waals surface area contributed by atoms with Crippen molar-refractivity contribution in [3.05, 3.63) is 59.8 Å². The molecule has 9 heteroatoms. The van der Waals surface area contributed by atoms with Crippen molar-refractivity contribution in [1.29, 1.82) is 0 Å². The summed E-state index contributed by atoms with van der Waals surface area (Å²) in [7, 11) is -4.44. The summed E-state index contributed by atoms with van der Waals surface area (Å²) in [5.41, 5.74) is -0.0580. The monoisotopic (exact) mass is 384 g/mol. The summed E-state index contributed by atoms with van der Waals surface area (Å²) in [6.45, 7) is 0. The molecule has 130 valence electrons. The minimum absolute atomic E-state index is 0.137. The van der Waals surface area contributed by atoms with Gasteiger partial charge in [0, 0.05) is 10.8 Å². The van der Waals surface area contributed by atoms with Gasteiger partial charge in [0.15, 0.2) is 0 Å². The number of sulfonamides is 1. The van der Waals surface area contributed by atoms with Crippen LogP contribution in [0.2, 0.25) is 0 Å². The molecule has 1 heterocycles. The molecule has 0 atom stereocenters. The molecule has 0 aliphatic carbocycles. The standard InChI is InChI=1S/C16H11F3N2O2S2/c17-16(18,19)12-5-1-2-7-14(12)25(22,23)21-13-6-3-4-10-8-11(9-24)20-15(10)13/h1-9,20-21H. The molecule has 0 saturated heterocycles. The minimum Gasteiger partial charge on any atom is -0.353 e. The lowest BCUT2D eigenvalue weighted by Gasteiger charge is -2.14. The van der Waals surface area contributed by atoms with Gasteiger partial charge in [0.05, 0.1) is 27.4 Å². The molecule has 0 aliphatic rings. The predicted molar refractivity (Wildman–Crippen MR) is 93.3 cm³/mol. The zero-order chi connectivity index (χ0) is 18.2. The van der Waals surface area contributed by atoms with Crippen molar-refractivity contribution in [2.45, 2.75) is 11.1 Å². The number of nitrogens with one attached hydrogen (secondary N) is 2. The van der Waals surface area contributed by atoms with Crippen LogP contribution in [-0.2, 0) is 16.2 Å². The van der Waals surface area contributed by atoms with E-state index >= 15 is 0 Å². The van der Waals surface area contributed by atoms with Crippen molar-refractivity contribution in [2.75, 3.05) is 4.72 Å². The fourth-order valence-electron chi connectivity index (χ4n) is 2.46. The first-order valence-electron chi connectivity index (χ1n) is 6.98. The summed E-state index contributed by atoms with van der Waals surface area (Å²) in [5, 5.41) is 2.07. The van der Waals surface area contributed by atoms with Crippen LogP contribution in [-0.4, -0.2) is 18.8 Å². The Morgan fingerprint density at radius 2 is 1.80 bits per heavy atom. The molecule has 25 heavy (non-hydrogen) atoms. The van der Waals surface area contributed by atoms with Gasteiger partial charge in [0.25, 0.3) is 10.0 Å². The SMILES string of the molecule is O=S(=O)(Nc1cccc2cc(C=S)[nH]c12)c1ccccc1C(F)(F)F. The van der Waals surface area contributed by atoms with Crippen LogP contribution in [0.4, 0.5) is 18.9 Å². The van der Waals surface area contributed by atoms with Crippen LogP contribution in [0.15, 0.2) is 53.4 Å². The molecule has 3 aromatic rings. The Bertz CT molecular complexity index is 1060. The number of fused-ring (bicyclic) bond motifs is 1. The average molecular weight is 384 g/mol. The van der Waals surface area contributed by atoms with Crippen molar-refractivity contribution < 1.29 is 21.6 Å². The number of halogens is 3. The van der Waals surface area contributed by atoms with Gasteiger partial charge in [0.1, 0.15) is 0 Å². The van der Waals surface area contributed by atoms with Crippen LogP contribution in [0, 0.1) is 0 Å². The summed E-state index contributed by atoms with van der Waals surface area (Å²) in [4.78, 5) is 2.09. The van der Waals surface area contributed by atoms with Gasteiger partial charge in [-0.3, -0.25) is 4.72 Å². The number of alkyl halides is 3. The molecule has 0 bridgehead atoms. The Labute approximate surface area is 146 Å². The fourth-order valence-corrected chi connectivity index (χ4v) is 3.89. The van der Waals surface area contributed by atoms with Crippen molar-refractivity contribution >= 4 is 44.2 Å². The number of aromatic amines is 1. The van der Waals surface area contributed by atoms with E-state index in [9.17, 15) is 21.6 Å². The summed E-state index contributed by atoms with van der Waals surface area (Å²) < 4.78 is 66.6. The second kappa shape index (κ2) is 6.16. The lowest BCUT2D eigenvalue weighted by molar-refractivity contribution is -0.139. The van der Waals surface area contributed by atoms with E-state index < -0.39 is 26.7 Å². The molecule has 0 unspecified atom stereocenters. The van der Waals surface area contributed by atoms with Gasteiger partial charge in [-0.05, 0) is 24.3 Å². The van der Waals surface area contributed by atoms with Gasteiger partial charge < -0.3 is 4.98 Å². The summed E-state index contributed by atoms with van der Waals surface area (Å²) in [6, 6.07) is 10.5. The molecule has 0 spiro atoms. The zero-order valence-electron chi connectivity index (χ0n) is 12.5. The molecule has 2 aromatic carbocycles. The topological polar surface area (TPSA) is 62.0 Å². The van der Waals surface area contributed by atoms with Gasteiger partial charge >= 0.3 is 6.18 Å². The van der Waals surface area contributed by atoms with E-state index in [-0.39, 0.29) is 5.69 Å². The molecule has 0 saturated carbocycles. The van der Waals surface area contributed by atoms with Gasteiger partial charge in [-0.1, -0.05) is 36.5 Å². The smallest absolute Gasteiger partial charge is 0.353 e. The van der Waals surface area contributed by atoms with Crippen LogP contribution < -0.4 is 4.72 Å². The highest BCUT2D eigenvalue weighted by atomic mass is 32.2. The van der Waals surface area contributed by atoms with E-state index in [4.69, 9.17) is 12.2 Å². The first-order valence-corrected chi connectivity index (χ1v) is 8.94. The maximum Gasteiger partial charge on any atom is 0.417 e.